The molecule has 0 radical (unpaired) electrons. The minimum Gasteiger partial charge on any atom is -0.507 e. The van der Waals surface area contributed by atoms with Crippen LogP contribution in [0, 0.1) is 0 Å². The van der Waals surface area contributed by atoms with E-state index in [0.717, 1.165) is 41.7 Å². The molecular formula is C21H26OS. The third kappa shape index (κ3) is 5.80. The third-order valence-electron chi connectivity index (χ3n) is 4.05. The van der Waals surface area contributed by atoms with Gasteiger partial charge in [0.15, 0.2) is 0 Å². The molecule has 1 heterocycles. The van der Waals surface area contributed by atoms with E-state index in [1.54, 1.807) is 6.07 Å². The predicted octanol–water partition coefficient (Wildman–Crippen LogP) is 6.14. The van der Waals surface area contributed by atoms with Crippen LogP contribution in [0.2, 0.25) is 0 Å². The van der Waals surface area contributed by atoms with Gasteiger partial charge in [0, 0.05) is 11.3 Å². The van der Waals surface area contributed by atoms with Crippen LogP contribution in [-0.4, -0.2) is 16.6 Å². The average molecular weight is 327 g/mol. The molecule has 1 aromatic rings. The summed E-state index contributed by atoms with van der Waals surface area (Å²) < 4.78 is 0. The summed E-state index contributed by atoms with van der Waals surface area (Å²) in [5.74, 6) is 2.60. The largest absolute Gasteiger partial charge is 0.507 e. The maximum Gasteiger partial charge on any atom is 0.123 e. The van der Waals surface area contributed by atoms with Gasteiger partial charge in [0.05, 0.1) is 0 Å². The maximum atomic E-state index is 9.91. The minimum atomic E-state index is 0.303. The summed E-state index contributed by atoms with van der Waals surface area (Å²) in [6.07, 6.45) is 12.2. The van der Waals surface area contributed by atoms with Crippen molar-refractivity contribution < 1.29 is 5.11 Å². The number of allylic oxidation sites excluding steroid dienone is 5. The van der Waals surface area contributed by atoms with Crippen LogP contribution >= 0.6 is 11.8 Å². The maximum absolute atomic E-state index is 9.91. The average Bonchev–Trinajstić information content (AvgIpc) is 2.57. The van der Waals surface area contributed by atoms with Gasteiger partial charge >= 0.3 is 0 Å². The number of hydrogen-bond acceptors (Lipinski definition) is 2. The van der Waals surface area contributed by atoms with Gasteiger partial charge < -0.3 is 5.11 Å². The highest BCUT2D eigenvalue weighted by Crippen LogP contribution is 2.29. The van der Waals surface area contributed by atoms with E-state index in [9.17, 15) is 5.11 Å². The van der Waals surface area contributed by atoms with Crippen LogP contribution in [0.4, 0.5) is 0 Å². The summed E-state index contributed by atoms with van der Waals surface area (Å²) >= 11 is 1.99. The van der Waals surface area contributed by atoms with E-state index in [1.165, 1.54) is 24.2 Å². The van der Waals surface area contributed by atoms with E-state index < -0.39 is 0 Å². The second-order valence-corrected chi connectivity index (χ2v) is 7.01. The number of phenols is 1. The Morgan fingerprint density at radius 1 is 1.09 bits per heavy atom. The molecule has 1 nitrogen and oxygen atoms in total. The van der Waals surface area contributed by atoms with Crippen molar-refractivity contribution >= 4 is 17.3 Å². The molecule has 0 amide bonds. The van der Waals surface area contributed by atoms with Gasteiger partial charge in [-0.25, -0.2) is 0 Å². The number of hydrogen-bond donors (Lipinski definition) is 1. The lowest BCUT2D eigenvalue weighted by molar-refractivity contribution is 0.473. The minimum absolute atomic E-state index is 0.303. The highest BCUT2D eigenvalue weighted by Gasteiger charge is 2.07. The quantitative estimate of drug-likeness (QED) is 0.701. The van der Waals surface area contributed by atoms with E-state index in [2.05, 4.69) is 31.4 Å². The first kappa shape index (κ1) is 17.7. The molecule has 1 aliphatic rings. The standard InChI is InChI=1S/C21H26OS/c1-17(19-9-5-3-4-8-15-23-16-14-19)12-13-18(2)20-10-6-7-11-21(20)22/h5-7,9-11,14,22H,1-4,8,12-13,15-16H2. The van der Waals surface area contributed by atoms with Gasteiger partial charge in [-0.05, 0) is 60.6 Å². The Hall–Kier alpha value is -1.67. The molecule has 0 unspecified atom stereocenters. The van der Waals surface area contributed by atoms with Gasteiger partial charge in [-0.2, -0.15) is 11.8 Å². The second kappa shape index (κ2) is 9.46. The number of phenolic OH excluding ortho intramolecular Hbond substituents is 1. The molecule has 2 heteroatoms. The lowest BCUT2D eigenvalue weighted by atomic mass is 9.96. The smallest absolute Gasteiger partial charge is 0.123 e. The Labute approximate surface area is 144 Å². The monoisotopic (exact) mass is 326 g/mol. The fourth-order valence-corrected chi connectivity index (χ4v) is 3.46. The highest BCUT2D eigenvalue weighted by atomic mass is 32.2. The lowest BCUT2D eigenvalue weighted by Crippen LogP contribution is -1.92. The Morgan fingerprint density at radius 2 is 1.87 bits per heavy atom. The molecule has 1 N–H and O–H groups in total. The third-order valence-corrected chi connectivity index (χ3v) is 5.03. The number of thioether (sulfide) groups is 1. The van der Waals surface area contributed by atoms with E-state index in [4.69, 9.17) is 0 Å². The summed E-state index contributed by atoms with van der Waals surface area (Å²) in [6, 6.07) is 7.38. The van der Waals surface area contributed by atoms with Crippen molar-refractivity contribution in [3.05, 3.63) is 72.4 Å². The molecule has 0 fully saturated rings. The van der Waals surface area contributed by atoms with Crippen molar-refractivity contribution in [2.75, 3.05) is 11.5 Å². The van der Waals surface area contributed by atoms with Crippen molar-refractivity contribution in [3.63, 3.8) is 0 Å². The fraction of sp³-hybridized carbons (Fsp3) is 0.333. The second-order valence-electron chi connectivity index (χ2n) is 5.86. The molecular weight excluding hydrogens is 300 g/mol. The molecule has 0 saturated carbocycles. The molecule has 2 rings (SSSR count). The van der Waals surface area contributed by atoms with Crippen LogP contribution in [-0.2, 0) is 0 Å². The van der Waals surface area contributed by atoms with Crippen LogP contribution in [0.1, 0.15) is 37.7 Å². The number of aromatic hydroxyl groups is 1. The van der Waals surface area contributed by atoms with E-state index in [1.807, 2.05) is 30.0 Å². The normalized spacial score (nSPS) is 15.7. The topological polar surface area (TPSA) is 20.2 Å². The number of para-hydroxylation sites is 1. The van der Waals surface area contributed by atoms with Crippen LogP contribution < -0.4 is 0 Å². The first-order valence-electron chi connectivity index (χ1n) is 8.27. The van der Waals surface area contributed by atoms with Crippen molar-refractivity contribution in [3.8, 4) is 5.75 Å². The highest BCUT2D eigenvalue weighted by molar-refractivity contribution is 7.99. The van der Waals surface area contributed by atoms with Gasteiger partial charge in [-0.3, -0.25) is 0 Å². The van der Waals surface area contributed by atoms with Crippen molar-refractivity contribution in [2.24, 2.45) is 0 Å². The lowest BCUT2D eigenvalue weighted by Gasteiger charge is -2.11. The Bertz CT molecular complexity index is 610. The molecule has 0 spiro atoms. The first-order chi connectivity index (χ1) is 11.2. The molecule has 0 aliphatic carbocycles. The molecule has 0 saturated heterocycles. The van der Waals surface area contributed by atoms with Crippen molar-refractivity contribution in [2.45, 2.75) is 32.1 Å². The Morgan fingerprint density at radius 3 is 2.70 bits per heavy atom. The number of benzene rings is 1. The van der Waals surface area contributed by atoms with E-state index in [-0.39, 0.29) is 0 Å². The zero-order chi connectivity index (χ0) is 16.5. The summed E-state index contributed by atoms with van der Waals surface area (Å²) in [5, 5.41) is 9.91. The van der Waals surface area contributed by atoms with Gasteiger partial charge in [0.25, 0.3) is 0 Å². The van der Waals surface area contributed by atoms with Crippen molar-refractivity contribution in [1.82, 2.24) is 0 Å². The van der Waals surface area contributed by atoms with Gasteiger partial charge in [0.2, 0.25) is 0 Å². The summed E-state index contributed by atoms with van der Waals surface area (Å²) in [5.41, 5.74) is 4.21. The summed E-state index contributed by atoms with van der Waals surface area (Å²) in [7, 11) is 0. The fourth-order valence-electron chi connectivity index (χ4n) is 2.59. The Balaban J connectivity index is 1.95. The van der Waals surface area contributed by atoms with Gasteiger partial charge in [-0.15, -0.1) is 0 Å². The Kier molecular flexibility index (Phi) is 7.28. The van der Waals surface area contributed by atoms with Crippen LogP contribution in [0.15, 0.2) is 66.8 Å². The molecule has 0 atom stereocenters. The molecule has 1 aromatic carbocycles. The van der Waals surface area contributed by atoms with Gasteiger partial charge in [0.1, 0.15) is 5.75 Å². The van der Waals surface area contributed by atoms with Crippen LogP contribution in [0.25, 0.3) is 5.57 Å². The zero-order valence-electron chi connectivity index (χ0n) is 13.8. The molecule has 0 bridgehead atoms. The molecule has 1 aliphatic heterocycles. The van der Waals surface area contributed by atoms with Crippen LogP contribution in [0.5, 0.6) is 5.75 Å². The predicted molar refractivity (Wildman–Crippen MR) is 104 cm³/mol. The SMILES string of the molecule is C=C(CCC(=C)c1ccccc1O)C1=CCSCCCCC=C1. The number of rotatable bonds is 5. The molecule has 23 heavy (non-hydrogen) atoms. The molecule has 122 valence electrons. The van der Waals surface area contributed by atoms with E-state index >= 15 is 0 Å². The van der Waals surface area contributed by atoms with Crippen LogP contribution in [0.3, 0.4) is 0 Å². The van der Waals surface area contributed by atoms with E-state index in [0.29, 0.717) is 5.75 Å². The summed E-state index contributed by atoms with van der Waals surface area (Å²) in [6.45, 7) is 8.38. The zero-order valence-corrected chi connectivity index (χ0v) is 14.6. The molecule has 0 aromatic heterocycles. The van der Waals surface area contributed by atoms with Gasteiger partial charge in [-0.1, -0.05) is 49.6 Å². The first-order valence-corrected chi connectivity index (χ1v) is 9.42. The summed E-state index contributed by atoms with van der Waals surface area (Å²) in [4.78, 5) is 0. The van der Waals surface area contributed by atoms with Crippen molar-refractivity contribution in [1.29, 1.82) is 0 Å².